The lowest BCUT2D eigenvalue weighted by molar-refractivity contribution is -0.129. The van der Waals surface area contributed by atoms with Crippen molar-refractivity contribution in [2.45, 2.75) is 12.5 Å². The third kappa shape index (κ3) is 1.42. The number of nitrogens with one attached hydrogen (secondary N) is 1. The Morgan fingerprint density at radius 1 is 1.50 bits per heavy atom. The summed E-state index contributed by atoms with van der Waals surface area (Å²) in [5, 5.41) is 19.4. The number of hydrogen-bond donors (Lipinski definition) is 2. The van der Waals surface area contributed by atoms with Crippen LogP contribution in [0.15, 0.2) is 18.3 Å². The zero-order chi connectivity index (χ0) is 14.1. The van der Waals surface area contributed by atoms with Crippen molar-refractivity contribution in [2.24, 2.45) is 11.8 Å². The van der Waals surface area contributed by atoms with E-state index in [2.05, 4.69) is 10.2 Å². The van der Waals surface area contributed by atoms with E-state index in [0.29, 0.717) is 18.1 Å². The first-order valence-electron chi connectivity index (χ1n) is 6.63. The summed E-state index contributed by atoms with van der Waals surface area (Å²) < 4.78 is 0. The number of amides is 1. The first-order chi connectivity index (χ1) is 9.51. The molecular formula is C14H14ClN3O2. The molecular weight excluding hydrogens is 278 g/mol. The minimum atomic E-state index is -0.876. The maximum atomic E-state index is 11.4. The quantitative estimate of drug-likeness (QED) is 0.837. The fourth-order valence-corrected chi connectivity index (χ4v) is 3.83. The van der Waals surface area contributed by atoms with Gasteiger partial charge in [0.25, 0.3) is 0 Å². The maximum absolute atomic E-state index is 11.4. The summed E-state index contributed by atoms with van der Waals surface area (Å²) in [6.07, 6.45) is 1.72. The molecule has 1 saturated carbocycles. The average Bonchev–Trinajstić information content (AvgIpc) is 2.85. The van der Waals surface area contributed by atoms with Crippen molar-refractivity contribution in [1.82, 2.24) is 15.1 Å². The molecule has 0 unspecified atom stereocenters. The molecule has 1 aliphatic heterocycles. The highest BCUT2D eigenvalue weighted by molar-refractivity contribution is 6.31. The molecule has 6 heteroatoms. The number of aromatic nitrogens is 2. The summed E-state index contributed by atoms with van der Waals surface area (Å²) in [4.78, 5) is 13.2. The second-order valence-electron chi connectivity index (χ2n) is 5.75. The number of hydrogen-bond acceptors (Lipinski definition) is 3. The fourth-order valence-electron chi connectivity index (χ4n) is 3.61. The van der Waals surface area contributed by atoms with Gasteiger partial charge in [0.15, 0.2) is 0 Å². The molecule has 3 atom stereocenters. The van der Waals surface area contributed by atoms with Gasteiger partial charge in [0.05, 0.1) is 11.7 Å². The topological polar surface area (TPSA) is 69.2 Å². The van der Waals surface area contributed by atoms with Crippen molar-refractivity contribution in [3.63, 3.8) is 0 Å². The summed E-state index contributed by atoms with van der Waals surface area (Å²) in [6.45, 7) is 2.79. The molecule has 2 aliphatic rings. The maximum Gasteiger partial charge on any atom is 0.219 e. The monoisotopic (exact) mass is 291 g/mol. The van der Waals surface area contributed by atoms with Crippen molar-refractivity contribution in [3.8, 4) is 0 Å². The van der Waals surface area contributed by atoms with Crippen LogP contribution in [0, 0.1) is 11.8 Å². The molecule has 4 rings (SSSR count). The smallest absolute Gasteiger partial charge is 0.219 e. The Labute approximate surface area is 120 Å². The highest BCUT2D eigenvalue weighted by Gasteiger charge is 2.69. The van der Waals surface area contributed by atoms with Gasteiger partial charge in [-0.3, -0.25) is 9.89 Å². The second-order valence-corrected chi connectivity index (χ2v) is 6.18. The van der Waals surface area contributed by atoms with Gasteiger partial charge in [-0.1, -0.05) is 11.6 Å². The Balaban J connectivity index is 1.75. The minimum Gasteiger partial charge on any atom is -0.384 e. The van der Waals surface area contributed by atoms with Crippen molar-refractivity contribution >= 4 is 28.4 Å². The largest absolute Gasteiger partial charge is 0.384 e. The van der Waals surface area contributed by atoms with Crippen LogP contribution in [-0.2, 0) is 10.4 Å². The van der Waals surface area contributed by atoms with E-state index >= 15 is 0 Å². The van der Waals surface area contributed by atoms with E-state index in [9.17, 15) is 9.90 Å². The van der Waals surface area contributed by atoms with Crippen LogP contribution in [-0.4, -0.2) is 39.2 Å². The molecule has 0 radical (unpaired) electrons. The highest BCUT2D eigenvalue weighted by atomic mass is 35.5. The lowest BCUT2D eigenvalue weighted by atomic mass is 9.99. The van der Waals surface area contributed by atoms with E-state index in [0.717, 1.165) is 16.5 Å². The molecule has 2 N–H and O–H groups in total. The summed E-state index contributed by atoms with van der Waals surface area (Å²) in [5.74, 6) is 0.269. The van der Waals surface area contributed by atoms with E-state index < -0.39 is 5.60 Å². The molecule has 0 spiro atoms. The summed E-state index contributed by atoms with van der Waals surface area (Å²) in [5.41, 5.74) is 0.778. The van der Waals surface area contributed by atoms with E-state index in [1.54, 1.807) is 24.1 Å². The molecule has 1 saturated heterocycles. The van der Waals surface area contributed by atoms with Gasteiger partial charge >= 0.3 is 0 Å². The Morgan fingerprint density at radius 2 is 2.20 bits per heavy atom. The minimum absolute atomic E-state index is 0.0686. The lowest BCUT2D eigenvalue weighted by Gasteiger charge is -2.23. The van der Waals surface area contributed by atoms with Crippen LogP contribution < -0.4 is 0 Å². The number of aromatic amines is 1. The number of carbonyl (C=O) groups excluding carboxylic acids is 1. The number of H-pyrrole nitrogens is 1. The van der Waals surface area contributed by atoms with Gasteiger partial charge in [0, 0.05) is 42.3 Å². The number of nitrogens with zero attached hydrogens (tertiary/aromatic N) is 2. The number of aliphatic hydroxyl groups is 1. The van der Waals surface area contributed by atoms with E-state index in [-0.39, 0.29) is 17.7 Å². The lowest BCUT2D eigenvalue weighted by Crippen LogP contribution is -2.33. The van der Waals surface area contributed by atoms with Crippen molar-refractivity contribution in [2.75, 3.05) is 13.1 Å². The van der Waals surface area contributed by atoms with Gasteiger partial charge < -0.3 is 10.0 Å². The predicted molar refractivity (Wildman–Crippen MR) is 74.2 cm³/mol. The molecule has 1 aromatic heterocycles. The molecule has 2 fully saturated rings. The molecule has 1 amide bonds. The van der Waals surface area contributed by atoms with Crippen LogP contribution in [0.5, 0.6) is 0 Å². The Hall–Kier alpha value is -1.59. The van der Waals surface area contributed by atoms with Gasteiger partial charge in [-0.2, -0.15) is 5.10 Å². The molecule has 20 heavy (non-hydrogen) atoms. The normalized spacial score (nSPS) is 31.6. The molecule has 2 aromatic rings. The van der Waals surface area contributed by atoms with E-state index in [1.807, 2.05) is 6.07 Å². The highest BCUT2D eigenvalue weighted by Crippen LogP contribution is 2.62. The number of fused-ring (bicyclic) bond motifs is 2. The van der Waals surface area contributed by atoms with Gasteiger partial charge in [0.2, 0.25) is 5.91 Å². The molecule has 1 aromatic carbocycles. The average molecular weight is 292 g/mol. The molecule has 5 nitrogen and oxygen atoms in total. The van der Waals surface area contributed by atoms with Crippen LogP contribution in [0.4, 0.5) is 0 Å². The van der Waals surface area contributed by atoms with Crippen LogP contribution in [0.25, 0.3) is 10.9 Å². The van der Waals surface area contributed by atoms with Crippen molar-refractivity contribution < 1.29 is 9.90 Å². The number of carbonyl (C=O) groups is 1. The van der Waals surface area contributed by atoms with Crippen LogP contribution in [0.2, 0.25) is 5.02 Å². The Morgan fingerprint density at radius 3 is 2.85 bits per heavy atom. The molecule has 0 bridgehead atoms. The van der Waals surface area contributed by atoms with Gasteiger partial charge in [-0.25, -0.2) is 0 Å². The number of rotatable bonds is 1. The first-order valence-corrected chi connectivity index (χ1v) is 7.00. The predicted octanol–water partition coefficient (Wildman–Crippen LogP) is 1.51. The SMILES string of the molecule is CC(=O)N1C[C@@H]2[C@H](C1)[C@]2(O)c1cc(Cl)cc2[nH]ncc12. The fraction of sp³-hybridized carbons (Fsp3) is 0.429. The third-order valence-corrected chi connectivity index (χ3v) is 4.96. The Bertz CT molecular complexity index is 714. The zero-order valence-electron chi connectivity index (χ0n) is 10.9. The van der Waals surface area contributed by atoms with Crippen LogP contribution >= 0.6 is 11.6 Å². The first kappa shape index (κ1) is 12.2. The molecule has 104 valence electrons. The summed E-state index contributed by atoms with van der Waals surface area (Å²) in [6, 6.07) is 3.62. The van der Waals surface area contributed by atoms with Gasteiger partial charge in [0.1, 0.15) is 5.60 Å². The standard InChI is InChI=1S/C14H14ClN3O2/c1-7(19)18-5-11-12(6-18)14(11,20)10-2-8(15)3-13-9(10)4-16-17-13/h2-4,11-12,20H,5-6H2,1H3,(H,16,17)/t11-,12+,14+. The second kappa shape index (κ2) is 3.74. The Kier molecular flexibility index (Phi) is 2.28. The molecule has 2 heterocycles. The summed E-state index contributed by atoms with van der Waals surface area (Å²) >= 11 is 6.13. The number of piperidine rings is 1. The number of benzene rings is 1. The van der Waals surface area contributed by atoms with Crippen molar-refractivity contribution in [1.29, 1.82) is 0 Å². The summed E-state index contributed by atoms with van der Waals surface area (Å²) in [7, 11) is 0. The zero-order valence-corrected chi connectivity index (χ0v) is 11.7. The van der Waals surface area contributed by atoms with Crippen molar-refractivity contribution in [3.05, 3.63) is 28.9 Å². The number of likely N-dealkylation sites (tertiary alicyclic amines) is 1. The number of halogens is 1. The van der Waals surface area contributed by atoms with Crippen LogP contribution in [0.1, 0.15) is 12.5 Å². The third-order valence-electron chi connectivity index (χ3n) is 4.74. The molecule has 1 aliphatic carbocycles. The van der Waals surface area contributed by atoms with Gasteiger partial charge in [-0.05, 0) is 17.7 Å². The van der Waals surface area contributed by atoms with E-state index in [1.165, 1.54) is 0 Å². The van der Waals surface area contributed by atoms with Gasteiger partial charge in [-0.15, -0.1) is 0 Å². The van der Waals surface area contributed by atoms with Crippen LogP contribution in [0.3, 0.4) is 0 Å². The van der Waals surface area contributed by atoms with E-state index in [4.69, 9.17) is 11.6 Å².